The van der Waals surface area contributed by atoms with Crippen LogP contribution < -0.4 is 10.6 Å². The molecule has 0 atom stereocenters. The third-order valence-electron chi connectivity index (χ3n) is 5.51. The Bertz CT molecular complexity index is 1530. The second-order valence-electron chi connectivity index (χ2n) is 7.82. The van der Waals surface area contributed by atoms with E-state index in [2.05, 4.69) is 15.2 Å². The summed E-state index contributed by atoms with van der Waals surface area (Å²) < 4.78 is 8.03. The van der Waals surface area contributed by atoms with Crippen LogP contribution in [0.25, 0.3) is 28.5 Å². The van der Waals surface area contributed by atoms with Gasteiger partial charge in [0.05, 0.1) is 5.56 Å². The molecule has 34 heavy (non-hydrogen) atoms. The normalized spacial score (nSPS) is 11.1. The minimum atomic E-state index is -0.423. The quantitative estimate of drug-likeness (QED) is 0.389. The van der Waals surface area contributed by atoms with Gasteiger partial charge in [-0.2, -0.15) is 4.98 Å². The molecule has 0 spiro atoms. The number of aryl methyl sites for hydroxylation is 1. The first-order valence-electron chi connectivity index (χ1n) is 10.9. The van der Waals surface area contributed by atoms with Crippen molar-refractivity contribution < 1.29 is 9.32 Å². The van der Waals surface area contributed by atoms with Crippen LogP contribution in [-0.4, -0.2) is 36.8 Å². The van der Waals surface area contributed by atoms with Crippen LogP contribution in [0.3, 0.4) is 0 Å². The van der Waals surface area contributed by atoms with Gasteiger partial charge in [-0.25, -0.2) is 13.9 Å². The van der Waals surface area contributed by atoms with Gasteiger partial charge in [-0.05, 0) is 44.2 Å². The molecule has 2 aromatic carbocycles. The van der Waals surface area contributed by atoms with Crippen LogP contribution >= 0.6 is 0 Å². The smallest absolute Gasteiger partial charge is 0.333 e. The number of amides is 1. The van der Waals surface area contributed by atoms with Crippen LogP contribution in [-0.2, 0) is 11.3 Å². The number of carbonyl (C=O) groups is 1. The van der Waals surface area contributed by atoms with E-state index >= 15 is 0 Å². The molecule has 3 heterocycles. The standard InChI is InChI=1S/C25H22N6O3/c1-3-29(19-11-5-4-6-12-19)21(32)16-31-25(33)30-14-8-13-20(23(30)27-31)24-26-22(28-34-24)18-10-7-9-17(2)15-18/h4-15H,3,16H2,1-2H3. The molecule has 0 bridgehead atoms. The molecule has 0 saturated heterocycles. The summed E-state index contributed by atoms with van der Waals surface area (Å²) in [5.74, 6) is 0.449. The molecule has 0 aliphatic rings. The molecule has 9 heteroatoms. The molecule has 0 saturated carbocycles. The minimum Gasteiger partial charge on any atom is -0.333 e. The summed E-state index contributed by atoms with van der Waals surface area (Å²) in [6, 6.07) is 20.6. The van der Waals surface area contributed by atoms with E-state index in [9.17, 15) is 9.59 Å². The lowest BCUT2D eigenvalue weighted by Gasteiger charge is -2.20. The van der Waals surface area contributed by atoms with Crippen LogP contribution in [0.15, 0.2) is 82.2 Å². The zero-order valence-corrected chi connectivity index (χ0v) is 18.8. The summed E-state index contributed by atoms with van der Waals surface area (Å²) >= 11 is 0. The monoisotopic (exact) mass is 454 g/mol. The number of anilines is 1. The zero-order chi connectivity index (χ0) is 23.7. The largest absolute Gasteiger partial charge is 0.350 e. The van der Waals surface area contributed by atoms with Gasteiger partial charge >= 0.3 is 5.69 Å². The Labute approximate surface area is 194 Å². The fourth-order valence-corrected chi connectivity index (χ4v) is 3.87. The molecular weight excluding hydrogens is 432 g/mol. The Morgan fingerprint density at radius 2 is 1.88 bits per heavy atom. The van der Waals surface area contributed by atoms with Gasteiger partial charge in [0, 0.05) is 24.0 Å². The van der Waals surface area contributed by atoms with Crippen LogP contribution in [0, 0.1) is 6.92 Å². The molecule has 9 nitrogen and oxygen atoms in total. The number of benzene rings is 2. The first-order valence-corrected chi connectivity index (χ1v) is 10.9. The van der Waals surface area contributed by atoms with Crippen molar-refractivity contribution in [3.05, 3.63) is 89.0 Å². The number of carbonyl (C=O) groups excluding carboxylic acids is 1. The third-order valence-corrected chi connectivity index (χ3v) is 5.51. The number of aromatic nitrogens is 5. The molecule has 1 amide bonds. The first-order chi connectivity index (χ1) is 16.5. The van der Waals surface area contributed by atoms with Gasteiger partial charge < -0.3 is 9.42 Å². The van der Waals surface area contributed by atoms with Crippen molar-refractivity contribution in [3.8, 4) is 22.8 Å². The number of pyridine rings is 1. The van der Waals surface area contributed by atoms with Crippen LogP contribution in [0.4, 0.5) is 5.69 Å². The fourth-order valence-electron chi connectivity index (χ4n) is 3.87. The number of likely N-dealkylation sites (N-methyl/N-ethyl adjacent to an activating group) is 1. The molecule has 0 N–H and O–H groups in total. The van der Waals surface area contributed by atoms with Crippen LogP contribution in [0.2, 0.25) is 0 Å². The van der Waals surface area contributed by atoms with Gasteiger partial charge in [0.25, 0.3) is 5.89 Å². The van der Waals surface area contributed by atoms with Crippen molar-refractivity contribution in [2.24, 2.45) is 0 Å². The maximum atomic E-state index is 13.0. The maximum Gasteiger partial charge on any atom is 0.350 e. The predicted molar refractivity (Wildman–Crippen MR) is 127 cm³/mol. The average molecular weight is 454 g/mol. The summed E-state index contributed by atoms with van der Waals surface area (Å²) in [5, 5.41) is 8.51. The Hall–Kier alpha value is -4.53. The highest BCUT2D eigenvalue weighted by molar-refractivity contribution is 5.93. The summed E-state index contributed by atoms with van der Waals surface area (Å²) in [4.78, 5) is 32.1. The highest BCUT2D eigenvalue weighted by Crippen LogP contribution is 2.25. The van der Waals surface area contributed by atoms with Gasteiger partial charge in [0.2, 0.25) is 11.7 Å². The van der Waals surface area contributed by atoms with E-state index in [1.807, 2.05) is 68.4 Å². The second kappa shape index (κ2) is 8.78. The van der Waals surface area contributed by atoms with E-state index in [-0.39, 0.29) is 18.3 Å². The van der Waals surface area contributed by atoms with Gasteiger partial charge in [-0.1, -0.05) is 47.1 Å². The van der Waals surface area contributed by atoms with E-state index in [4.69, 9.17) is 4.52 Å². The molecule has 0 aliphatic heterocycles. The summed E-state index contributed by atoms with van der Waals surface area (Å²) in [6.07, 6.45) is 1.60. The molecule has 0 unspecified atom stereocenters. The van der Waals surface area contributed by atoms with Gasteiger partial charge in [0.15, 0.2) is 5.65 Å². The van der Waals surface area contributed by atoms with E-state index in [1.165, 1.54) is 4.40 Å². The highest BCUT2D eigenvalue weighted by atomic mass is 16.5. The van der Waals surface area contributed by atoms with E-state index in [1.54, 1.807) is 23.2 Å². The zero-order valence-electron chi connectivity index (χ0n) is 18.8. The predicted octanol–water partition coefficient (Wildman–Crippen LogP) is 3.57. The molecular formula is C25H22N6O3. The number of nitrogens with zero attached hydrogens (tertiary/aromatic N) is 6. The Morgan fingerprint density at radius 3 is 2.65 bits per heavy atom. The van der Waals surface area contributed by atoms with Crippen molar-refractivity contribution >= 4 is 17.2 Å². The van der Waals surface area contributed by atoms with Crippen LogP contribution in [0.1, 0.15) is 12.5 Å². The topological polar surface area (TPSA) is 98.5 Å². The maximum absolute atomic E-state index is 13.0. The number of fused-ring (bicyclic) bond motifs is 1. The summed E-state index contributed by atoms with van der Waals surface area (Å²) in [7, 11) is 0. The van der Waals surface area contributed by atoms with E-state index < -0.39 is 5.69 Å². The average Bonchev–Trinajstić information content (AvgIpc) is 3.46. The number of hydrogen-bond donors (Lipinski definition) is 0. The van der Waals surface area contributed by atoms with Crippen molar-refractivity contribution in [2.45, 2.75) is 20.4 Å². The molecule has 0 aliphatic carbocycles. The van der Waals surface area contributed by atoms with Gasteiger partial charge in [-0.3, -0.25) is 4.79 Å². The first kappa shape index (κ1) is 21.3. The van der Waals surface area contributed by atoms with E-state index in [0.717, 1.165) is 21.5 Å². The SMILES string of the molecule is CCN(C(=O)Cn1nc2c(-c3nc(-c4cccc(C)c4)no3)cccn2c1=O)c1ccccc1. The molecule has 0 radical (unpaired) electrons. The lowest BCUT2D eigenvalue weighted by atomic mass is 10.1. The third kappa shape index (κ3) is 3.88. The van der Waals surface area contributed by atoms with Crippen molar-refractivity contribution in [1.82, 2.24) is 24.3 Å². The second-order valence-corrected chi connectivity index (χ2v) is 7.82. The Kier molecular flexibility index (Phi) is 5.51. The van der Waals surface area contributed by atoms with Crippen LogP contribution in [0.5, 0.6) is 0 Å². The van der Waals surface area contributed by atoms with Crippen molar-refractivity contribution in [3.63, 3.8) is 0 Å². The van der Waals surface area contributed by atoms with Crippen molar-refractivity contribution in [1.29, 1.82) is 0 Å². The van der Waals surface area contributed by atoms with E-state index in [0.29, 0.717) is 23.6 Å². The molecule has 5 rings (SSSR count). The summed E-state index contributed by atoms with van der Waals surface area (Å²) in [5.41, 5.74) is 3.10. The lowest BCUT2D eigenvalue weighted by Crippen LogP contribution is -2.36. The number of hydrogen-bond acceptors (Lipinski definition) is 6. The summed E-state index contributed by atoms with van der Waals surface area (Å²) in [6.45, 7) is 4.15. The Balaban J connectivity index is 1.49. The fraction of sp³-hybridized carbons (Fsp3) is 0.160. The highest BCUT2D eigenvalue weighted by Gasteiger charge is 2.20. The van der Waals surface area contributed by atoms with Gasteiger partial charge in [0.1, 0.15) is 6.54 Å². The number of para-hydroxylation sites is 1. The molecule has 0 fully saturated rings. The Morgan fingerprint density at radius 1 is 1.06 bits per heavy atom. The molecule has 5 aromatic rings. The van der Waals surface area contributed by atoms with Gasteiger partial charge in [-0.15, -0.1) is 5.10 Å². The number of rotatable bonds is 6. The van der Waals surface area contributed by atoms with Crippen molar-refractivity contribution in [2.75, 3.05) is 11.4 Å². The molecule has 3 aromatic heterocycles. The lowest BCUT2D eigenvalue weighted by molar-refractivity contribution is -0.119. The minimum absolute atomic E-state index is 0.193. The molecule has 170 valence electrons.